The molecule has 2 N–H and O–H groups in total. The van der Waals surface area contributed by atoms with Gasteiger partial charge in [0.2, 0.25) is 5.91 Å². The van der Waals surface area contributed by atoms with E-state index in [1.807, 2.05) is 12.1 Å². The summed E-state index contributed by atoms with van der Waals surface area (Å²) in [5, 5.41) is 6.40. The zero-order valence-corrected chi connectivity index (χ0v) is 10.6. The number of anilines is 1. The number of rotatable bonds is 0. The second-order valence-electron chi connectivity index (χ2n) is 5.82. The Balaban J connectivity index is 1.92. The van der Waals surface area contributed by atoms with Gasteiger partial charge in [-0.05, 0) is 18.1 Å². The first-order chi connectivity index (χ1) is 9.22. The van der Waals surface area contributed by atoms with E-state index in [9.17, 15) is 9.59 Å². The summed E-state index contributed by atoms with van der Waals surface area (Å²) in [7, 11) is 0. The second kappa shape index (κ2) is 3.59. The van der Waals surface area contributed by atoms with Crippen LogP contribution in [-0.4, -0.2) is 24.3 Å². The third-order valence-electron chi connectivity index (χ3n) is 5.02. The van der Waals surface area contributed by atoms with E-state index in [1.165, 1.54) is 5.56 Å². The van der Waals surface area contributed by atoms with Crippen LogP contribution in [0.25, 0.3) is 0 Å². The lowest BCUT2D eigenvalue weighted by atomic mass is 9.58. The van der Waals surface area contributed by atoms with Crippen LogP contribution < -0.4 is 10.6 Å². The van der Waals surface area contributed by atoms with Gasteiger partial charge in [0, 0.05) is 36.5 Å². The minimum absolute atomic E-state index is 0.0443. The van der Waals surface area contributed by atoms with Gasteiger partial charge in [0.25, 0.3) is 0 Å². The molecular formula is C15H16N2O2. The van der Waals surface area contributed by atoms with Crippen LogP contribution in [0.1, 0.15) is 24.8 Å². The molecule has 1 aliphatic carbocycles. The average molecular weight is 256 g/mol. The molecule has 1 unspecified atom stereocenters. The van der Waals surface area contributed by atoms with Gasteiger partial charge in [-0.25, -0.2) is 0 Å². The van der Waals surface area contributed by atoms with Crippen LogP contribution in [0.2, 0.25) is 0 Å². The van der Waals surface area contributed by atoms with Crippen molar-refractivity contribution in [2.24, 2.45) is 5.92 Å². The Morgan fingerprint density at radius 3 is 2.89 bits per heavy atom. The number of amides is 1. The van der Waals surface area contributed by atoms with Crippen molar-refractivity contribution in [1.82, 2.24) is 5.32 Å². The quantitative estimate of drug-likeness (QED) is 0.733. The topological polar surface area (TPSA) is 58.2 Å². The lowest BCUT2D eigenvalue weighted by Crippen LogP contribution is -2.60. The average Bonchev–Trinajstić information content (AvgIpc) is 2.71. The Hall–Kier alpha value is -1.84. The predicted octanol–water partition coefficient (Wildman–Crippen LogP) is 1.22. The van der Waals surface area contributed by atoms with Gasteiger partial charge in [-0.1, -0.05) is 18.2 Å². The highest BCUT2D eigenvalue weighted by atomic mass is 16.2. The summed E-state index contributed by atoms with van der Waals surface area (Å²) in [5.74, 6) is 0.0365. The molecule has 0 aromatic heterocycles. The van der Waals surface area contributed by atoms with Crippen molar-refractivity contribution < 1.29 is 9.59 Å². The fraction of sp³-hybridized carbons (Fsp3) is 0.467. The smallest absolute Gasteiger partial charge is 0.224 e. The minimum atomic E-state index is -0.205. The van der Waals surface area contributed by atoms with Gasteiger partial charge in [0.1, 0.15) is 5.78 Å². The van der Waals surface area contributed by atoms with Crippen LogP contribution in [0.3, 0.4) is 0 Å². The number of hydrogen-bond donors (Lipinski definition) is 2. The van der Waals surface area contributed by atoms with Crippen molar-refractivity contribution in [3.63, 3.8) is 0 Å². The molecule has 1 aromatic carbocycles. The molecule has 19 heavy (non-hydrogen) atoms. The molecule has 2 fully saturated rings. The second-order valence-corrected chi connectivity index (χ2v) is 5.82. The zero-order chi connectivity index (χ0) is 13.0. The van der Waals surface area contributed by atoms with Crippen molar-refractivity contribution in [3.05, 3.63) is 29.8 Å². The first-order valence-corrected chi connectivity index (χ1v) is 6.87. The third kappa shape index (κ3) is 1.29. The molecule has 2 heterocycles. The number of piperidine rings is 1. The van der Waals surface area contributed by atoms with Gasteiger partial charge >= 0.3 is 0 Å². The molecule has 1 spiro atoms. The number of carbonyl (C=O) groups excluding carboxylic acids is 2. The normalized spacial score (nSPS) is 35.8. The molecule has 3 aliphatic rings. The first-order valence-electron chi connectivity index (χ1n) is 6.87. The highest BCUT2D eigenvalue weighted by Crippen LogP contribution is 2.54. The number of hydrogen-bond acceptors (Lipinski definition) is 3. The number of benzene rings is 1. The summed E-state index contributed by atoms with van der Waals surface area (Å²) in [6.07, 6.45) is 1.85. The fourth-order valence-corrected chi connectivity index (χ4v) is 4.23. The van der Waals surface area contributed by atoms with Crippen LogP contribution in [0.15, 0.2) is 24.3 Å². The Bertz CT molecular complexity index is 583. The van der Waals surface area contributed by atoms with Crippen molar-refractivity contribution >= 4 is 17.4 Å². The summed E-state index contributed by atoms with van der Waals surface area (Å²) >= 11 is 0. The van der Waals surface area contributed by atoms with E-state index in [4.69, 9.17) is 0 Å². The van der Waals surface area contributed by atoms with E-state index in [-0.39, 0.29) is 29.1 Å². The molecule has 2 aliphatic heterocycles. The van der Waals surface area contributed by atoms with E-state index in [2.05, 4.69) is 22.8 Å². The lowest BCUT2D eigenvalue weighted by molar-refractivity contribution is -0.137. The number of fused-ring (bicyclic) bond motifs is 1. The number of para-hydroxylation sites is 1. The van der Waals surface area contributed by atoms with Crippen LogP contribution in [0, 0.1) is 5.92 Å². The molecule has 0 radical (unpaired) electrons. The molecule has 4 rings (SSSR count). The molecule has 4 nitrogen and oxygen atoms in total. The van der Waals surface area contributed by atoms with Crippen LogP contribution in [0.4, 0.5) is 5.69 Å². The summed E-state index contributed by atoms with van der Waals surface area (Å²) in [4.78, 5) is 24.2. The van der Waals surface area contributed by atoms with E-state index >= 15 is 0 Å². The molecule has 0 bridgehead atoms. The first kappa shape index (κ1) is 11.0. The van der Waals surface area contributed by atoms with Gasteiger partial charge in [-0.2, -0.15) is 0 Å². The highest BCUT2D eigenvalue weighted by molar-refractivity contribution is 5.93. The van der Waals surface area contributed by atoms with Crippen LogP contribution in [0.5, 0.6) is 0 Å². The van der Waals surface area contributed by atoms with E-state index in [0.29, 0.717) is 19.4 Å². The Labute approximate surface area is 111 Å². The van der Waals surface area contributed by atoms with Crippen molar-refractivity contribution in [3.8, 4) is 0 Å². The summed E-state index contributed by atoms with van der Waals surface area (Å²) in [6, 6.07) is 8.28. The highest BCUT2D eigenvalue weighted by Gasteiger charge is 2.58. The van der Waals surface area contributed by atoms with Crippen molar-refractivity contribution in [2.75, 3.05) is 11.9 Å². The van der Waals surface area contributed by atoms with Crippen LogP contribution in [-0.2, 0) is 15.0 Å². The monoisotopic (exact) mass is 256 g/mol. The number of carbonyl (C=O) groups is 2. The van der Waals surface area contributed by atoms with Crippen molar-refractivity contribution in [1.29, 1.82) is 0 Å². The van der Waals surface area contributed by atoms with Crippen molar-refractivity contribution in [2.45, 2.75) is 30.7 Å². The van der Waals surface area contributed by atoms with Crippen LogP contribution >= 0.6 is 0 Å². The molecule has 4 heteroatoms. The largest absolute Gasteiger partial charge is 0.381 e. The third-order valence-corrected chi connectivity index (χ3v) is 5.02. The molecule has 1 amide bonds. The molecule has 1 saturated carbocycles. The fourth-order valence-electron chi connectivity index (χ4n) is 4.23. The van der Waals surface area contributed by atoms with E-state index < -0.39 is 0 Å². The standard InChI is InChI=1S/C15H16N2O2/c18-9-7-11-14(19)16-6-5-15(11)10-3-1-2-4-12(10)17-13(15)8-9/h1-4,11,13,17H,5-8H2,(H,16,19)/t11?,13-,15+/m1/s1. The predicted molar refractivity (Wildman–Crippen MR) is 70.9 cm³/mol. The van der Waals surface area contributed by atoms with E-state index in [1.54, 1.807) is 0 Å². The SMILES string of the molecule is O=C1CC2C(=O)NCC[C@]23c2ccccc2N[C@@H]3C1. The Morgan fingerprint density at radius 2 is 2.00 bits per heavy atom. The molecule has 1 saturated heterocycles. The number of nitrogens with one attached hydrogen (secondary N) is 2. The van der Waals surface area contributed by atoms with Gasteiger partial charge in [0.15, 0.2) is 0 Å². The zero-order valence-electron chi connectivity index (χ0n) is 10.6. The molecule has 1 aromatic rings. The van der Waals surface area contributed by atoms with Gasteiger partial charge in [0.05, 0.1) is 5.92 Å². The van der Waals surface area contributed by atoms with Gasteiger partial charge in [-0.15, -0.1) is 0 Å². The number of Topliss-reactive ketones (excluding diaryl/α,β-unsaturated/α-hetero) is 1. The molecule has 3 atom stereocenters. The Morgan fingerprint density at radius 1 is 1.16 bits per heavy atom. The summed E-state index contributed by atoms with van der Waals surface area (Å²) < 4.78 is 0. The van der Waals surface area contributed by atoms with Gasteiger partial charge in [-0.3, -0.25) is 9.59 Å². The maximum atomic E-state index is 12.2. The summed E-state index contributed by atoms with van der Waals surface area (Å²) in [6.45, 7) is 0.704. The maximum Gasteiger partial charge on any atom is 0.224 e. The molecule has 98 valence electrons. The van der Waals surface area contributed by atoms with E-state index in [0.717, 1.165) is 12.1 Å². The maximum absolute atomic E-state index is 12.2. The molecular weight excluding hydrogens is 240 g/mol. The number of ketones is 1. The van der Waals surface area contributed by atoms with Gasteiger partial charge < -0.3 is 10.6 Å². The summed E-state index contributed by atoms with van der Waals surface area (Å²) in [5.41, 5.74) is 2.15. The Kier molecular flexibility index (Phi) is 2.08. The minimum Gasteiger partial charge on any atom is -0.381 e. The lowest BCUT2D eigenvalue weighted by Gasteiger charge is -2.47.